The molecule has 2 aromatic heterocycles. The summed E-state index contributed by atoms with van der Waals surface area (Å²) < 4.78 is 14.1. The predicted molar refractivity (Wildman–Crippen MR) is 146 cm³/mol. The van der Waals surface area contributed by atoms with Gasteiger partial charge in [-0.3, -0.25) is 9.36 Å². The van der Waals surface area contributed by atoms with Crippen LogP contribution in [0.4, 0.5) is 11.8 Å². The van der Waals surface area contributed by atoms with Gasteiger partial charge in [0, 0.05) is 0 Å². The summed E-state index contributed by atoms with van der Waals surface area (Å²) in [5, 5.41) is 13.1. The molecule has 1 fully saturated rings. The van der Waals surface area contributed by atoms with Gasteiger partial charge in [0.1, 0.15) is 23.3 Å². The zero-order valence-electron chi connectivity index (χ0n) is 21.9. The SMILES string of the molecule is C[C@H](Nc1nc(N)ncc1C#N)c1nc2cccc(B3OC(C)(C)C(C)(C)O3)c2c(=O)n1-c1ccccc1. The molecule has 1 aliphatic rings. The zero-order chi connectivity index (χ0) is 27.2. The van der Waals surface area contributed by atoms with E-state index >= 15 is 0 Å². The minimum Gasteiger partial charge on any atom is -0.399 e. The Bertz CT molecular complexity index is 1610. The Morgan fingerprint density at radius 2 is 1.74 bits per heavy atom. The number of para-hydroxylation sites is 1. The molecular formula is C27H28BN7O3. The van der Waals surface area contributed by atoms with Crippen LogP contribution in [0.3, 0.4) is 0 Å². The molecule has 0 radical (unpaired) electrons. The summed E-state index contributed by atoms with van der Waals surface area (Å²) in [5.41, 5.74) is 6.35. The molecule has 1 saturated heterocycles. The first-order valence-corrected chi connectivity index (χ1v) is 12.3. The van der Waals surface area contributed by atoms with Crippen LogP contribution in [-0.2, 0) is 9.31 Å². The fourth-order valence-electron chi connectivity index (χ4n) is 4.41. The molecule has 5 rings (SSSR count). The molecular weight excluding hydrogens is 481 g/mol. The molecule has 3 N–H and O–H groups in total. The summed E-state index contributed by atoms with van der Waals surface area (Å²) in [5.74, 6) is 0.714. The van der Waals surface area contributed by atoms with Crippen LogP contribution >= 0.6 is 0 Å². The van der Waals surface area contributed by atoms with Crippen LogP contribution in [0.15, 0.2) is 59.5 Å². The number of fused-ring (bicyclic) bond motifs is 1. The highest BCUT2D eigenvalue weighted by Gasteiger charge is 2.52. The first-order chi connectivity index (χ1) is 18.0. The number of nitrogen functional groups attached to an aromatic ring is 1. The van der Waals surface area contributed by atoms with Gasteiger partial charge in [-0.05, 0) is 58.3 Å². The Morgan fingerprint density at radius 3 is 2.39 bits per heavy atom. The van der Waals surface area contributed by atoms with E-state index < -0.39 is 24.4 Å². The second-order valence-electron chi connectivity index (χ2n) is 10.2. The first kappa shape index (κ1) is 25.4. The van der Waals surface area contributed by atoms with Crippen molar-refractivity contribution >= 4 is 35.3 Å². The number of hydrogen-bond acceptors (Lipinski definition) is 9. The van der Waals surface area contributed by atoms with Gasteiger partial charge in [-0.2, -0.15) is 10.2 Å². The quantitative estimate of drug-likeness (QED) is 0.388. The number of nitrogens with zero attached hydrogens (tertiary/aromatic N) is 5. The van der Waals surface area contributed by atoms with Crippen LogP contribution in [0.5, 0.6) is 0 Å². The van der Waals surface area contributed by atoms with E-state index in [4.69, 9.17) is 20.0 Å². The maximum Gasteiger partial charge on any atom is 0.495 e. The summed E-state index contributed by atoms with van der Waals surface area (Å²) in [6, 6.07) is 16.3. The normalized spacial score (nSPS) is 16.8. The number of aromatic nitrogens is 4. The molecule has 11 heteroatoms. The standard InChI is InChI=1S/C27H28BN7O3/c1-16(32-22-17(14-29)15-31-25(30)34-22)23-33-20-13-9-12-19(28-37-26(2,3)27(4,5)38-28)21(20)24(36)35(23)18-10-7-6-8-11-18/h6-13,15-16H,1-5H3,(H3,30,31,32,34)/t16-/m0/s1. The number of benzene rings is 2. The van der Waals surface area contributed by atoms with Gasteiger partial charge in [-0.15, -0.1) is 0 Å². The maximum atomic E-state index is 14.3. The average Bonchev–Trinajstić information content (AvgIpc) is 3.10. The van der Waals surface area contributed by atoms with E-state index in [0.29, 0.717) is 27.9 Å². The van der Waals surface area contributed by atoms with Crippen molar-refractivity contribution in [3.8, 4) is 11.8 Å². The molecule has 4 aromatic rings. The van der Waals surface area contributed by atoms with Gasteiger partial charge >= 0.3 is 7.12 Å². The fourth-order valence-corrected chi connectivity index (χ4v) is 4.41. The summed E-state index contributed by atoms with van der Waals surface area (Å²) in [6.45, 7) is 9.72. The zero-order valence-corrected chi connectivity index (χ0v) is 21.9. The molecule has 3 heterocycles. The van der Waals surface area contributed by atoms with Crippen molar-refractivity contribution in [3.05, 3.63) is 76.5 Å². The third-order valence-corrected chi connectivity index (χ3v) is 7.15. The molecule has 192 valence electrons. The van der Waals surface area contributed by atoms with E-state index in [9.17, 15) is 10.1 Å². The highest BCUT2D eigenvalue weighted by Crippen LogP contribution is 2.37. The highest BCUT2D eigenvalue weighted by molar-refractivity contribution is 6.65. The van der Waals surface area contributed by atoms with Crippen molar-refractivity contribution in [1.29, 1.82) is 5.26 Å². The number of rotatable bonds is 5. The van der Waals surface area contributed by atoms with Crippen molar-refractivity contribution < 1.29 is 9.31 Å². The Labute approximate surface area is 220 Å². The minimum absolute atomic E-state index is 0.0256. The smallest absolute Gasteiger partial charge is 0.399 e. The van der Waals surface area contributed by atoms with Crippen LogP contribution in [-0.4, -0.2) is 37.8 Å². The van der Waals surface area contributed by atoms with Crippen molar-refractivity contribution in [3.63, 3.8) is 0 Å². The molecule has 1 aliphatic heterocycles. The van der Waals surface area contributed by atoms with Crippen molar-refractivity contribution in [2.24, 2.45) is 0 Å². The van der Waals surface area contributed by atoms with E-state index in [2.05, 4.69) is 21.4 Å². The summed E-state index contributed by atoms with van der Waals surface area (Å²) >= 11 is 0. The minimum atomic E-state index is -0.731. The van der Waals surface area contributed by atoms with Crippen LogP contribution in [0.1, 0.15) is 52.0 Å². The molecule has 2 aromatic carbocycles. The Kier molecular flexibility index (Phi) is 6.17. The molecule has 1 atom stereocenters. The number of hydrogen-bond donors (Lipinski definition) is 2. The first-order valence-electron chi connectivity index (χ1n) is 12.3. The van der Waals surface area contributed by atoms with E-state index in [1.807, 2.05) is 77.1 Å². The van der Waals surface area contributed by atoms with Crippen LogP contribution in [0.25, 0.3) is 16.6 Å². The lowest BCUT2D eigenvalue weighted by Gasteiger charge is -2.32. The second-order valence-corrected chi connectivity index (χ2v) is 10.2. The van der Waals surface area contributed by atoms with E-state index in [-0.39, 0.29) is 22.9 Å². The number of nitriles is 1. The predicted octanol–water partition coefficient (Wildman–Crippen LogP) is 3.10. The van der Waals surface area contributed by atoms with Crippen LogP contribution in [0, 0.1) is 11.3 Å². The number of nitrogens with two attached hydrogens (primary N) is 1. The van der Waals surface area contributed by atoms with Crippen molar-refractivity contribution in [1.82, 2.24) is 19.5 Å². The van der Waals surface area contributed by atoms with Gasteiger partial charge in [0.25, 0.3) is 5.56 Å². The van der Waals surface area contributed by atoms with Crippen LogP contribution in [0.2, 0.25) is 0 Å². The lowest BCUT2D eigenvalue weighted by atomic mass is 9.77. The van der Waals surface area contributed by atoms with Gasteiger partial charge in [0.05, 0.1) is 40.0 Å². The third kappa shape index (κ3) is 4.28. The third-order valence-electron chi connectivity index (χ3n) is 7.15. The fraction of sp³-hybridized carbons (Fsp3) is 0.296. The largest absolute Gasteiger partial charge is 0.495 e. The molecule has 0 unspecified atom stereocenters. The van der Waals surface area contributed by atoms with Gasteiger partial charge in [-0.1, -0.05) is 30.3 Å². The monoisotopic (exact) mass is 509 g/mol. The van der Waals surface area contributed by atoms with E-state index in [0.717, 1.165) is 0 Å². The summed E-state index contributed by atoms with van der Waals surface area (Å²) in [6.07, 6.45) is 1.35. The van der Waals surface area contributed by atoms with Gasteiger partial charge in [0.2, 0.25) is 5.95 Å². The lowest BCUT2D eigenvalue weighted by molar-refractivity contribution is 0.00578. The topological polar surface area (TPSA) is 141 Å². The molecule has 0 aliphatic carbocycles. The summed E-state index contributed by atoms with van der Waals surface area (Å²) in [7, 11) is -0.731. The molecule has 0 bridgehead atoms. The highest BCUT2D eigenvalue weighted by atomic mass is 16.7. The van der Waals surface area contributed by atoms with Crippen LogP contribution < -0.4 is 22.1 Å². The number of nitrogens with one attached hydrogen (secondary N) is 1. The van der Waals surface area contributed by atoms with Gasteiger partial charge in [-0.25, -0.2) is 9.97 Å². The van der Waals surface area contributed by atoms with E-state index in [1.165, 1.54) is 6.20 Å². The Morgan fingerprint density at radius 1 is 1.05 bits per heavy atom. The molecule has 0 saturated carbocycles. The second kappa shape index (κ2) is 9.24. The molecule has 0 spiro atoms. The van der Waals surface area contributed by atoms with Gasteiger partial charge < -0.3 is 20.4 Å². The number of anilines is 2. The Hall–Kier alpha value is -4.27. The van der Waals surface area contributed by atoms with Gasteiger partial charge in [0.15, 0.2) is 0 Å². The molecule has 38 heavy (non-hydrogen) atoms. The summed E-state index contributed by atoms with van der Waals surface area (Å²) in [4.78, 5) is 27.3. The molecule has 10 nitrogen and oxygen atoms in total. The van der Waals surface area contributed by atoms with Crippen molar-refractivity contribution in [2.45, 2.75) is 51.9 Å². The molecule has 0 amide bonds. The lowest BCUT2D eigenvalue weighted by Crippen LogP contribution is -2.41. The Balaban J connectivity index is 1.70. The maximum absolute atomic E-state index is 14.3. The average molecular weight is 509 g/mol. The van der Waals surface area contributed by atoms with E-state index in [1.54, 1.807) is 10.6 Å². The van der Waals surface area contributed by atoms with Crippen molar-refractivity contribution in [2.75, 3.05) is 11.1 Å².